The van der Waals surface area contributed by atoms with Crippen molar-refractivity contribution in [2.75, 3.05) is 6.61 Å². The largest absolute Gasteiger partial charge is 0.488 e. The predicted octanol–water partition coefficient (Wildman–Crippen LogP) is 3.07. The number of benzene rings is 1. The first-order valence-electron chi connectivity index (χ1n) is 4.55. The van der Waals surface area contributed by atoms with Crippen molar-refractivity contribution in [2.24, 2.45) is 0 Å². The molecule has 16 heavy (non-hydrogen) atoms. The third kappa shape index (κ3) is 4.79. The highest BCUT2D eigenvalue weighted by atomic mass is 79.9. The Hall–Kier alpha value is -1.55. The number of aliphatic carboxylic acids is 1. The Morgan fingerprint density at radius 1 is 1.44 bits per heavy atom. The van der Waals surface area contributed by atoms with Gasteiger partial charge < -0.3 is 9.84 Å². The number of carboxylic acid groups (broad SMARTS) is 1. The van der Waals surface area contributed by atoms with E-state index in [4.69, 9.17) is 9.84 Å². The molecule has 0 aliphatic heterocycles. The Labute approximate surface area is 102 Å². The van der Waals surface area contributed by atoms with E-state index in [0.29, 0.717) is 12.4 Å². The number of carboxylic acids is 1. The van der Waals surface area contributed by atoms with Crippen molar-refractivity contribution in [3.05, 3.63) is 47.0 Å². The second-order valence-electron chi connectivity index (χ2n) is 3.05. The quantitative estimate of drug-likeness (QED) is 0.845. The van der Waals surface area contributed by atoms with Gasteiger partial charge >= 0.3 is 5.97 Å². The molecule has 0 aliphatic rings. The Morgan fingerprint density at radius 3 is 2.56 bits per heavy atom. The van der Waals surface area contributed by atoms with Gasteiger partial charge in [-0.15, -0.1) is 0 Å². The highest BCUT2D eigenvalue weighted by molar-refractivity contribution is 9.11. The molecule has 3 nitrogen and oxygen atoms in total. The van der Waals surface area contributed by atoms with E-state index in [1.807, 2.05) is 0 Å². The molecule has 1 N–H and O–H groups in total. The van der Waals surface area contributed by atoms with Crippen LogP contribution in [0.1, 0.15) is 5.56 Å². The molecule has 0 fully saturated rings. The van der Waals surface area contributed by atoms with Gasteiger partial charge in [0.25, 0.3) is 0 Å². The number of halogens is 1. The van der Waals surface area contributed by atoms with Crippen LogP contribution in [0.25, 0.3) is 6.08 Å². The van der Waals surface area contributed by atoms with Gasteiger partial charge in [-0.3, -0.25) is 0 Å². The highest BCUT2D eigenvalue weighted by Gasteiger charge is 1.94. The Balaban J connectivity index is 2.60. The molecule has 4 heteroatoms. The first-order chi connectivity index (χ1) is 7.58. The van der Waals surface area contributed by atoms with Gasteiger partial charge in [-0.2, -0.15) is 0 Å². The molecule has 0 aromatic heterocycles. The summed E-state index contributed by atoms with van der Waals surface area (Å²) < 4.78 is 6.13. The van der Waals surface area contributed by atoms with Crippen molar-refractivity contribution in [1.82, 2.24) is 0 Å². The summed E-state index contributed by atoms with van der Waals surface area (Å²) in [4.78, 5) is 10.3. The smallest absolute Gasteiger partial charge is 0.328 e. The number of ether oxygens (including phenoxy) is 1. The maximum Gasteiger partial charge on any atom is 0.328 e. The third-order valence-electron chi connectivity index (χ3n) is 1.69. The molecule has 0 heterocycles. The average Bonchev–Trinajstić information content (AvgIpc) is 2.25. The fourth-order valence-corrected chi connectivity index (χ4v) is 1.12. The topological polar surface area (TPSA) is 46.5 Å². The minimum absolute atomic E-state index is 0.407. The molecular weight excluding hydrogens is 272 g/mol. The minimum Gasteiger partial charge on any atom is -0.488 e. The monoisotopic (exact) mass is 282 g/mol. The van der Waals surface area contributed by atoms with Crippen LogP contribution in [-0.4, -0.2) is 17.7 Å². The van der Waals surface area contributed by atoms with Gasteiger partial charge in [0.15, 0.2) is 0 Å². The van der Waals surface area contributed by atoms with E-state index >= 15 is 0 Å². The lowest BCUT2D eigenvalue weighted by atomic mass is 10.2. The van der Waals surface area contributed by atoms with Crippen molar-refractivity contribution >= 4 is 28.0 Å². The van der Waals surface area contributed by atoms with E-state index < -0.39 is 5.97 Å². The van der Waals surface area contributed by atoms with Gasteiger partial charge in [-0.1, -0.05) is 34.6 Å². The molecule has 0 radical (unpaired) electrons. The SMILES string of the molecule is C=C(Br)COc1ccc(/C=C/C(=O)O)cc1. The van der Waals surface area contributed by atoms with Gasteiger partial charge in [0.2, 0.25) is 0 Å². The van der Waals surface area contributed by atoms with E-state index in [-0.39, 0.29) is 0 Å². The number of carbonyl (C=O) groups is 1. The van der Waals surface area contributed by atoms with Gasteiger partial charge in [0, 0.05) is 10.6 Å². The molecule has 0 amide bonds. The molecule has 84 valence electrons. The summed E-state index contributed by atoms with van der Waals surface area (Å²) >= 11 is 3.19. The van der Waals surface area contributed by atoms with E-state index in [2.05, 4.69) is 22.5 Å². The van der Waals surface area contributed by atoms with Crippen LogP contribution in [0.3, 0.4) is 0 Å². The summed E-state index contributed by atoms with van der Waals surface area (Å²) in [5, 5.41) is 8.45. The average molecular weight is 283 g/mol. The summed E-state index contributed by atoms with van der Waals surface area (Å²) in [6, 6.07) is 7.12. The van der Waals surface area contributed by atoms with Gasteiger partial charge in [0.1, 0.15) is 12.4 Å². The maximum atomic E-state index is 10.3. The zero-order valence-corrected chi connectivity index (χ0v) is 10.1. The summed E-state index contributed by atoms with van der Waals surface area (Å²) in [6.45, 7) is 4.06. The van der Waals surface area contributed by atoms with E-state index in [0.717, 1.165) is 16.1 Å². The molecule has 1 aromatic carbocycles. The molecule has 0 atom stereocenters. The van der Waals surface area contributed by atoms with Crippen LogP contribution in [0.4, 0.5) is 0 Å². The molecule has 0 saturated heterocycles. The Bertz CT molecular complexity index is 407. The first-order valence-corrected chi connectivity index (χ1v) is 5.34. The van der Waals surface area contributed by atoms with Crippen LogP contribution >= 0.6 is 15.9 Å². The summed E-state index contributed by atoms with van der Waals surface area (Å²) in [6.07, 6.45) is 2.62. The zero-order valence-electron chi connectivity index (χ0n) is 8.52. The van der Waals surface area contributed by atoms with Crippen molar-refractivity contribution in [1.29, 1.82) is 0 Å². The summed E-state index contributed by atoms with van der Waals surface area (Å²) in [7, 11) is 0. The zero-order chi connectivity index (χ0) is 12.0. The van der Waals surface area contributed by atoms with Gasteiger partial charge in [-0.05, 0) is 23.8 Å². The summed E-state index contributed by atoms with van der Waals surface area (Å²) in [5.41, 5.74) is 0.812. The molecule has 0 unspecified atom stereocenters. The molecule has 0 bridgehead atoms. The van der Waals surface area contributed by atoms with Crippen molar-refractivity contribution < 1.29 is 14.6 Å². The molecule has 0 spiro atoms. The van der Waals surface area contributed by atoms with Crippen molar-refractivity contribution in [3.8, 4) is 5.75 Å². The lowest BCUT2D eigenvalue weighted by molar-refractivity contribution is -0.131. The van der Waals surface area contributed by atoms with E-state index in [1.54, 1.807) is 24.3 Å². The van der Waals surface area contributed by atoms with E-state index in [1.165, 1.54) is 6.08 Å². The number of hydrogen-bond acceptors (Lipinski definition) is 2. The van der Waals surface area contributed by atoms with Gasteiger partial charge in [0.05, 0.1) is 0 Å². The third-order valence-corrected chi connectivity index (χ3v) is 1.92. The van der Waals surface area contributed by atoms with Crippen LogP contribution in [0.2, 0.25) is 0 Å². The van der Waals surface area contributed by atoms with Crippen LogP contribution in [0.15, 0.2) is 41.4 Å². The maximum absolute atomic E-state index is 10.3. The van der Waals surface area contributed by atoms with Crippen LogP contribution in [-0.2, 0) is 4.79 Å². The number of hydrogen-bond donors (Lipinski definition) is 1. The fourth-order valence-electron chi connectivity index (χ4n) is 1.00. The normalized spacial score (nSPS) is 10.3. The van der Waals surface area contributed by atoms with Crippen molar-refractivity contribution in [3.63, 3.8) is 0 Å². The standard InChI is InChI=1S/C12H11BrO3/c1-9(13)8-16-11-5-2-10(3-6-11)4-7-12(14)15/h2-7H,1,8H2,(H,14,15)/b7-4+. The van der Waals surface area contributed by atoms with Crippen molar-refractivity contribution in [2.45, 2.75) is 0 Å². The van der Waals surface area contributed by atoms with Crippen LogP contribution < -0.4 is 4.74 Å². The first kappa shape index (κ1) is 12.5. The summed E-state index contributed by atoms with van der Waals surface area (Å²) in [5.74, 6) is -0.246. The van der Waals surface area contributed by atoms with Gasteiger partial charge in [-0.25, -0.2) is 4.79 Å². The molecule has 1 aromatic rings. The fraction of sp³-hybridized carbons (Fsp3) is 0.0833. The predicted molar refractivity (Wildman–Crippen MR) is 66.7 cm³/mol. The lowest BCUT2D eigenvalue weighted by Crippen LogP contribution is -1.95. The molecule has 1 rings (SSSR count). The lowest BCUT2D eigenvalue weighted by Gasteiger charge is -2.04. The van der Waals surface area contributed by atoms with Crippen LogP contribution in [0.5, 0.6) is 5.75 Å². The minimum atomic E-state index is -0.962. The highest BCUT2D eigenvalue weighted by Crippen LogP contribution is 2.14. The molecule has 0 aliphatic carbocycles. The molecular formula is C12H11BrO3. The second kappa shape index (κ2) is 6.12. The second-order valence-corrected chi connectivity index (χ2v) is 4.17. The molecule has 0 saturated carbocycles. The van der Waals surface area contributed by atoms with Crippen LogP contribution in [0, 0.1) is 0 Å². The Kier molecular flexibility index (Phi) is 4.79. The van der Waals surface area contributed by atoms with E-state index in [9.17, 15) is 4.79 Å². The Morgan fingerprint density at radius 2 is 2.06 bits per heavy atom. The number of rotatable bonds is 5.